The lowest BCUT2D eigenvalue weighted by Crippen LogP contribution is -2.43. The second-order valence-electron chi connectivity index (χ2n) is 5.16. The van der Waals surface area contributed by atoms with Crippen molar-refractivity contribution in [2.45, 2.75) is 31.5 Å². The Morgan fingerprint density at radius 2 is 1.95 bits per heavy atom. The van der Waals surface area contributed by atoms with Crippen LogP contribution in [0.5, 0.6) is 0 Å². The summed E-state index contributed by atoms with van der Waals surface area (Å²) in [6, 6.07) is 3.80. The van der Waals surface area contributed by atoms with E-state index in [1.54, 1.807) is 11.8 Å². The van der Waals surface area contributed by atoms with E-state index < -0.39 is 17.5 Å². The van der Waals surface area contributed by atoms with Crippen LogP contribution in [0, 0.1) is 11.3 Å². The van der Waals surface area contributed by atoms with E-state index in [0.717, 1.165) is 12.1 Å². The van der Waals surface area contributed by atoms with Gasteiger partial charge in [-0.05, 0) is 31.9 Å². The number of aromatic nitrogens is 1. The fourth-order valence-corrected chi connectivity index (χ4v) is 2.13. The molecular formula is C13H14F3N3O. The molecule has 1 saturated heterocycles. The summed E-state index contributed by atoms with van der Waals surface area (Å²) >= 11 is 0. The van der Waals surface area contributed by atoms with Gasteiger partial charge in [-0.2, -0.15) is 18.4 Å². The van der Waals surface area contributed by atoms with E-state index in [9.17, 15) is 18.3 Å². The molecule has 0 aliphatic carbocycles. The summed E-state index contributed by atoms with van der Waals surface area (Å²) in [7, 11) is 0. The summed E-state index contributed by atoms with van der Waals surface area (Å²) in [5.74, 6) is 0.0397. The third kappa shape index (κ3) is 3.02. The maximum Gasteiger partial charge on any atom is 0.433 e. The maximum absolute atomic E-state index is 12.7. The summed E-state index contributed by atoms with van der Waals surface area (Å²) < 4.78 is 38.1. The zero-order valence-corrected chi connectivity index (χ0v) is 10.9. The van der Waals surface area contributed by atoms with Gasteiger partial charge in [0.05, 0.1) is 11.2 Å². The molecular weight excluding hydrogens is 271 g/mol. The Morgan fingerprint density at radius 1 is 1.35 bits per heavy atom. The number of aliphatic hydroxyl groups is 1. The molecule has 0 atom stereocenters. The van der Waals surface area contributed by atoms with Gasteiger partial charge in [-0.1, -0.05) is 0 Å². The Labute approximate surface area is 114 Å². The molecule has 0 amide bonds. The number of nitrogens with zero attached hydrogens (tertiary/aromatic N) is 3. The summed E-state index contributed by atoms with van der Waals surface area (Å²) in [6.07, 6.45) is -3.68. The molecule has 1 aromatic rings. The van der Waals surface area contributed by atoms with Crippen LogP contribution in [0.3, 0.4) is 0 Å². The first-order valence-electron chi connectivity index (χ1n) is 6.19. The predicted molar refractivity (Wildman–Crippen MR) is 66.0 cm³/mol. The highest BCUT2D eigenvalue weighted by Crippen LogP contribution is 2.32. The van der Waals surface area contributed by atoms with Gasteiger partial charge < -0.3 is 10.0 Å². The number of nitriles is 1. The molecule has 1 aliphatic rings. The molecule has 108 valence electrons. The van der Waals surface area contributed by atoms with Gasteiger partial charge in [0.15, 0.2) is 0 Å². The van der Waals surface area contributed by atoms with Gasteiger partial charge in [-0.25, -0.2) is 4.98 Å². The highest BCUT2D eigenvalue weighted by Gasteiger charge is 2.35. The van der Waals surface area contributed by atoms with Gasteiger partial charge in [0.1, 0.15) is 17.6 Å². The monoisotopic (exact) mass is 285 g/mol. The molecule has 1 fully saturated rings. The van der Waals surface area contributed by atoms with Crippen LogP contribution in [0.1, 0.15) is 31.0 Å². The molecule has 2 heterocycles. The standard InChI is InChI=1S/C13H14F3N3O/c1-12(20)4-6-19(7-5-12)11-9(8-17)2-3-10(18-11)13(14,15)16/h2-3,20H,4-7H2,1H3. The quantitative estimate of drug-likeness (QED) is 0.860. The molecule has 0 bridgehead atoms. The molecule has 7 heteroatoms. The fourth-order valence-electron chi connectivity index (χ4n) is 2.13. The Morgan fingerprint density at radius 3 is 2.45 bits per heavy atom. The largest absolute Gasteiger partial charge is 0.433 e. The molecule has 1 aromatic heterocycles. The van der Waals surface area contributed by atoms with Crippen LogP contribution < -0.4 is 4.90 Å². The SMILES string of the molecule is CC1(O)CCN(c2nc(C(F)(F)F)ccc2C#N)CC1. The molecule has 0 saturated carbocycles. The van der Waals surface area contributed by atoms with Gasteiger partial charge in [0.25, 0.3) is 0 Å². The van der Waals surface area contributed by atoms with Gasteiger partial charge in [0, 0.05) is 13.1 Å². The van der Waals surface area contributed by atoms with Crippen LogP contribution in [-0.2, 0) is 6.18 Å². The number of halogens is 3. The Kier molecular flexibility index (Phi) is 3.61. The number of hydrogen-bond acceptors (Lipinski definition) is 4. The highest BCUT2D eigenvalue weighted by molar-refractivity contribution is 5.55. The normalized spacial score (nSPS) is 18.7. The molecule has 2 rings (SSSR count). The Hall–Kier alpha value is -1.81. The Bertz CT molecular complexity index is 539. The van der Waals surface area contributed by atoms with Crippen LogP contribution in [-0.4, -0.2) is 28.8 Å². The van der Waals surface area contributed by atoms with Crippen LogP contribution in [0.2, 0.25) is 0 Å². The zero-order valence-electron chi connectivity index (χ0n) is 10.9. The van der Waals surface area contributed by atoms with Crippen molar-refractivity contribution in [3.63, 3.8) is 0 Å². The lowest BCUT2D eigenvalue weighted by Gasteiger charge is -2.36. The molecule has 4 nitrogen and oxygen atoms in total. The second-order valence-corrected chi connectivity index (χ2v) is 5.16. The van der Waals surface area contributed by atoms with Gasteiger partial charge in [-0.15, -0.1) is 0 Å². The first-order chi connectivity index (χ1) is 9.23. The number of rotatable bonds is 1. The van der Waals surface area contributed by atoms with Gasteiger partial charge in [-0.3, -0.25) is 0 Å². The topological polar surface area (TPSA) is 60.1 Å². The smallest absolute Gasteiger partial charge is 0.390 e. The van der Waals surface area contributed by atoms with Crippen molar-refractivity contribution in [3.8, 4) is 6.07 Å². The molecule has 1 aliphatic heterocycles. The van der Waals surface area contributed by atoms with Crippen LogP contribution in [0.25, 0.3) is 0 Å². The third-order valence-corrected chi connectivity index (χ3v) is 3.43. The number of pyridine rings is 1. The van der Waals surface area contributed by atoms with Crippen molar-refractivity contribution in [3.05, 3.63) is 23.4 Å². The fraction of sp³-hybridized carbons (Fsp3) is 0.538. The van der Waals surface area contributed by atoms with Crippen molar-refractivity contribution < 1.29 is 18.3 Å². The van der Waals surface area contributed by atoms with E-state index in [-0.39, 0.29) is 11.4 Å². The number of anilines is 1. The van der Waals surface area contributed by atoms with Crippen LogP contribution in [0.15, 0.2) is 12.1 Å². The lowest BCUT2D eigenvalue weighted by atomic mass is 9.93. The lowest BCUT2D eigenvalue weighted by molar-refractivity contribution is -0.141. The van der Waals surface area contributed by atoms with Crippen LogP contribution >= 0.6 is 0 Å². The summed E-state index contributed by atoms with van der Waals surface area (Å²) in [5.41, 5.74) is -1.71. The van der Waals surface area contributed by atoms with Crippen molar-refractivity contribution in [1.82, 2.24) is 4.98 Å². The van der Waals surface area contributed by atoms with E-state index in [2.05, 4.69) is 4.98 Å². The average molecular weight is 285 g/mol. The van der Waals surface area contributed by atoms with E-state index >= 15 is 0 Å². The van der Waals surface area contributed by atoms with Gasteiger partial charge >= 0.3 is 6.18 Å². The third-order valence-electron chi connectivity index (χ3n) is 3.43. The number of alkyl halides is 3. The summed E-state index contributed by atoms with van der Waals surface area (Å²) in [6.45, 7) is 2.43. The average Bonchev–Trinajstić information content (AvgIpc) is 2.37. The van der Waals surface area contributed by atoms with E-state index in [0.29, 0.717) is 25.9 Å². The van der Waals surface area contributed by atoms with E-state index in [1.807, 2.05) is 6.07 Å². The molecule has 0 radical (unpaired) electrons. The first-order valence-corrected chi connectivity index (χ1v) is 6.19. The zero-order chi connectivity index (χ0) is 15.0. The molecule has 0 aromatic carbocycles. The summed E-state index contributed by atoms with van der Waals surface area (Å²) in [4.78, 5) is 5.20. The Balaban J connectivity index is 2.33. The van der Waals surface area contributed by atoms with Crippen molar-refractivity contribution in [2.24, 2.45) is 0 Å². The van der Waals surface area contributed by atoms with E-state index in [4.69, 9.17) is 5.26 Å². The van der Waals surface area contributed by atoms with Crippen molar-refractivity contribution >= 4 is 5.82 Å². The van der Waals surface area contributed by atoms with Gasteiger partial charge in [0.2, 0.25) is 0 Å². The van der Waals surface area contributed by atoms with Crippen molar-refractivity contribution in [2.75, 3.05) is 18.0 Å². The van der Waals surface area contributed by atoms with Crippen LogP contribution in [0.4, 0.5) is 19.0 Å². The molecule has 0 unspecified atom stereocenters. The number of hydrogen-bond donors (Lipinski definition) is 1. The van der Waals surface area contributed by atoms with Crippen molar-refractivity contribution in [1.29, 1.82) is 5.26 Å². The second kappa shape index (κ2) is 4.94. The first kappa shape index (κ1) is 14.6. The maximum atomic E-state index is 12.7. The highest BCUT2D eigenvalue weighted by atomic mass is 19.4. The predicted octanol–water partition coefficient (Wildman–Crippen LogP) is 2.32. The molecule has 20 heavy (non-hydrogen) atoms. The minimum Gasteiger partial charge on any atom is -0.390 e. The number of piperidine rings is 1. The summed E-state index contributed by atoms with van der Waals surface area (Å²) in [5, 5.41) is 18.9. The minimum absolute atomic E-state index is 0.0397. The van der Waals surface area contributed by atoms with E-state index in [1.165, 1.54) is 0 Å². The minimum atomic E-state index is -4.54. The molecule has 0 spiro atoms. The molecule has 1 N–H and O–H groups in total.